The molecule has 3 aromatic heterocycles. The van der Waals surface area contributed by atoms with Crippen LogP contribution in [0.2, 0.25) is 0 Å². The van der Waals surface area contributed by atoms with Gasteiger partial charge in [0, 0.05) is 24.0 Å². The first-order valence-electron chi connectivity index (χ1n) is 10.8. The molecule has 0 spiro atoms. The molecule has 32 heavy (non-hydrogen) atoms. The van der Waals surface area contributed by atoms with E-state index in [9.17, 15) is 13.2 Å². The van der Waals surface area contributed by atoms with Gasteiger partial charge in [0.25, 0.3) is 0 Å². The second-order valence-electron chi connectivity index (χ2n) is 8.13. The van der Waals surface area contributed by atoms with Crippen molar-refractivity contribution in [2.45, 2.75) is 57.9 Å². The van der Waals surface area contributed by atoms with Crippen LogP contribution < -0.4 is 15.0 Å². The van der Waals surface area contributed by atoms with E-state index >= 15 is 0 Å². The van der Waals surface area contributed by atoms with Gasteiger partial charge in [-0.2, -0.15) is 23.1 Å². The van der Waals surface area contributed by atoms with E-state index in [0.29, 0.717) is 25.0 Å². The van der Waals surface area contributed by atoms with Crippen molar-refractivity contribution in [1.29, 1.82) is 0 Å². The van der Waals surface area contributed by atoms with E-state index in [4.69, 9.17) is 4.74 Å². The molecule has 1 N–H and O–H groups in total. The molecule has 8 nitrogen and oxygen atoms in total. The lowest BCUT2D eigenvalue weighted by Gasteiger charge is -2.29. The summed E-state index contributed by atoms with van der Waals surface area (Å²) < 4.78 is 46.7. The number of fused-ring (bicyclic) bond motifs is 2. The van der Waals surface area contributed by atoms with E-state index in [2.05, 4.69) is 38.5 Å². The highest BCUT2D eigenvalue weighted by Gasteiger charge is 2.39. The number of aromatic nitrogens is 5. The molecule has 0 saturated carbocycles. The molecular formula is C20H24F3N7OS. The molecule has 3 aromatic rings. The molecule has 0 bridgehead atoms. The zero-order valence-corrected chi connectivity index (χ0v) is 18.5. The van der Waals surface area contributed by atoms with E-state index in [1.807, 2.05) is 4.90 Å². The summed E-state index contributed by atoms with van der Waals surface area (Å²) in [5, 5.41) is 11.5. The van der Waals surface area contributed by atoms with Crippen molar-refractivity contribution in [2.24, 2.45) is 0 Å². The molecule has 2 aliphatic rings. The lowest BCUT2D eigenvalue weighted by Crippen LogP contribution is -2.36. The van der Waals surface area contributed by atoms with Crippen LogP contribution in [0.1, 0.15) is 42.7 Å². The van der Waals surface area contributed by atoms with E-state index in [1.54, 1.807) is 11.3 Å². The third-order valence-electron chi connectivity index (χ3n) is 5.78. The summed E-state index contributed by atoms with van der Waals surface area (Å²) in [4.78, 5) is 13.3. The number of anilines is 1. The van der Waals surface area contributed by atoms with E-state index in [-0.39, 0.29) is 25.0 Å². The second-order valence-corrected chi connectivity index (χ2v) is 9.24. The molecule has 12 heteroatoms. The predicted molar refractivity (Wildman–Crippen MR) is 114 cm³/mol. The third-order valence-corrected chi connectivity index (χ3v) is 6.87. The Labute approximate surface area is 186 Å². The van der Waals surface area contributed by atoms with Gasteiger partial charge in [-0.15, -0.1) is 21.5 Å². The Morgan fingerprint density at radius 3 is 2.88 bits per heavy atom. The Bertz CT molecular complexity index is 1110. The molecule has 1 fully saturated rings. The van der Waals surface area contributed by atoms with Gasteiger partial charge in [-0.25, -0.2) is 0 Å². The van der Waals surface area contributed by atoms with Gasteiger partial charge in [0.1, 0.15) is 17.3 Å². The van der Waals surface area contributed by atoms with Gasteiger partial charge in [0.2, 0.25) is 5.82 Å². The van der Waals surface area contributed by atoms with E-state index in [0.717, 1.165) is 47.0 Å². The van der Waals surface area contributed by atoms with Crippen LogP contribution in [-0.2, 0) is 25.7 Å². The molecule has 1 unspecified atom stereocenters. The minimum absolute atomic E-state index is 0.136. The second kappa shape index (κ2) is 8.47. The Morgan fingerprint density at radius 1 is 1.25 bits per heavy atom. The van der Waals surface area contributed by atoms with Crippen LogP contribution in [0.15, 0.2) is 6.07 Å². The number of alkyl halides is 3. The van der Waals surface area contributed by atoms with Gasteiger partial charge in [0.15, 0.2) is 5.82 Å². The monoisotopic (exact) mass is 467 g/mol. The maximum absolute atomic E-state index is 13.2. The number of rotatable bonds is 6. The van der Waals surface area contributed by atoms with Gasteiger partial charge < -0.3 is 19.5 Å². The molecule has 2 aliphatic heterocycles. The summed E-state index contributed by atoms with van der Waals surface area (Å²) in [5.41, 5.74) is 0. The topological polar surface area (TPSA) is 81.0 Å². The summed E-state index contributed by atoms with van der Waals surface area (Å²) in [6, 6.07) is 2.67. The summed E-state index contributed by atoms with van der Waals surface area (Å²) in [5.74, 6) is -0.00315. The van der Waals surface area contributed by atoms with Crippen molar-refractivity contribution in [3.63, 3.8) is 0 Å². The van der Waals surface area contributed by atoms with Crippen molar-refractivity contribution in [3.05, 3.63) is 22.6 Å². The van der Waals surface area contributed by atoms with Crippen molar-refractivity contribution < 1.29 is 17.9 Å². The van der Waals surface area contributed by atoms with Crippen LogP contribution in [0.5, 0.6) is 6.01 Å². The summed E-state index contributed by atoms with van der Waals surface area (Å²) in [7, 11) is 0. The van der Waals surface area contributed by atoms with Crippen molar-refractivity contribution in [2.75, 3.05) is 24.6 Å². The van der Waals surface area contributed by atoms with Crippen LogP contribution in [-0.4, -0.2) is 50.5 Å². The quantitative estimate of drug-likeness (QED) is 0.595. The lowest BCUT2D eigenvalue weighted by atomic mass is 10.2. The molecular weight excluding hydrogens is 443 g/mol. The minimum Gasteiger partial charge on any atom is -0.462 e. The Hall–Kier alpha value is -2.47. The molecule has 0 aliphatic carbocycles. The zero-order valence-electron chi connectivity index (χ0n) is 17.7. The predicted octanol–water partition coefficient (Wildman–Crippen LogP) is 3.41. The van der Waals surface area contributed by atoms with Crippen LogP contribution in [0.25, 0.3) is 10.2 Å². The Balaban J connectivity index is 1.46. The first-order valence-corrected chi connectivity index (χ1v) is 11.6. The largest absolute Gasteiger partial charge is 0.462 e. The Kier molecular flexibility index (Phi) is 5.66. The zero-order chi connectivity index (χ0) is 22.3. The van der Waals surface area contributed by atoms with E-state index < -0.39 is 12.0 Å². The summed E-state index contributed by atoms with van der Waals surface area (Å²) in [6.45, 7) is 4.29. The standard InChI is InChI=1S/C20H24F3N7OS/c1-2-4-13-9-14-16(25-19(26-17(14)32-13)31-11-12-5-3-6-24-12)29-7-8-30-15(10-29)27-28-18(30)20(21,22)23/h9,12,24H,2-8,10-11H2,1H3. The van der Waals surface area contributed by atoms with E-state index in [1.165, 1.54) is 4.88 Å². The molecule has 172 valence electrons. The highest BCUT2D eigenvalue weighted by Crippen LogP contribution is 2.36. The van der Waals surface area contributed by atoms with Crippen LogP contribution in [0, 0.1) is 0 Å². The summed E-state index contributed by atoms with van der Waals surface area (Å²) in [6.07, 6.45) is -0.393. The van der Waals surface area contributed by atoms with Gasteiger partial charge in [-0.05, 0) is 31.9 Å². The van der Waals surface area contributed by atoms with Crippen molar-refractivity contribution in [1.82, 2.24) is 30.0 Å². The Morgan fingerprint density at radius 2 is 2.12 bits per heavy atom. The van der Waals surface area contributed by atoms with Crippen LogP contribution in [0.4, 0.5) is 19.0 Å². The first kappa shape index (κ1) is 21.4. The molecule has 5 heterocycles. The SMILES string of the molecule is CCCc1cc2c(N3CCn4c(nnc4C(F)(F)F)C3)nc(OCC3CCCN3)nc2s1. The molecule has 0 aromatic carbocycles. The number of aryl methyl sites for hydroxylation is 1. The fraction of sp³-hybridized carbons (Fsp3) is 0.600. The van der Waals surface area contributed by atoms with Gasteiger partial charge in [-0.3, -0.25) is 0 Å². The fourth-order valence-electron chi connectivity index (χ4n) is 4.23. The molecule has 1 atom stereocenters. The maximum atomic E-state index is 13.2. The number of ether oxygens (including phenoxy) is 1. The number of halogens is 3. The number of thiophene rings is 1. The van der Waals surface area contributed by atoms with Crippen LogP contribution >= 0.6 is 11.3 Å². The molecule has 0 amide bonds. The molecule has 1 saturated heterocycles. The first-order chi connectivity index (χ1) is 15.4. The number of nitrogens with zero attached hydrogens (tertiary/aromatic N) is 6. The van der Waals surface area contributed by atoms with Crippen LogP contribution in [0.3, 0.4) is 0 Å². The maximum Gasteiger partial charge on any atom is 0.451 e. The number of hydrogen-bond donors (Lipinski definition) is 1. The lowest BCUT2D eigenvalue weighted by molar-refractivity contribution is -0.147. The highest BCUT2D eigenvalue weighted by atomic mass is 32.1. The third kappa shape index (κ3) is 4.13. The normalized spacial score (nSPS) is 19.0. The highest BCUT2D eigenvalue weighted by molar-refractivity contribution is 7.18. The van der Waals surface area contributed by atoms with Gasteiger partial charge >= 0.3 is 12.2 Å². The van der Waals surface area contributed by atoms with Crippen molar-refractivity contribution >= 4 is 27.4 Å². The average molecular weight is 468 g/mol. The van der Waals surface area contributed by atoms with Gasteiger partial charge in [0.05, 0.1) is 11.9 Å². The summed E-state index contributed by atoms with van der Waals surface area (Å²) >= 11 is 1.61. The fourth-order valence-corrected chi connectivity index (χ4v) is 5.35. The minimum atomic E-state index is -4.52. The number of nitrogens with one attached hydrogen (secondary N) is 1. The number of hydrogen-bond acceptors (Lipinski definition) is 8. The molecule has 5 rings (SSSR count). The van der Waals surface area contributed by atoms with Gasteiger partial charge in [-0.1, -0.05) is 13.3 Å². The van der Waals surface area contributed by atoms with Crippen molar-refractivity contribution in [3.8, 4) is 6.01 Å². The smallest absolute Gasteiger partial charge is 0.451 e. The average Bonchev–Trinajstić information content (AvgIpc) is 3.49. The molecule has 0 radical (unpaired) electrons.